The van der Waals surface area contributed by atoms with Crippen molar-refractivity contribution in [2.45, 2.75) is 44.8 Å². The van der Waals surface area contributed by atoms with Gasteiger partial charge in [-0.1, -0.05) is 12.1 Å². The number of rotatable bonds is 10. The molecule has 0 atom stereocenters. The standard InChI is InChI=1S/C19H29NO4.C4H4O4/c1-16(21)24-19(10-12-20(2)13-11-19)9-4-14-23-15-17-5-7-18(22-3)8-6-17;5-3(6)1-2-4(7)8/h5-8H,4,9-15H2,1-3H3;1-2H,(H,5,6)(H,7,8)/b;2-1+. The molecule has 1 aromatic carbocycles. The number of benzene rings is 1. The molecule has 1 aliphatic rings. The Labute approximate surface area is 188 Å². The van der Waals surface area contributed by atoms with Crippen molar-refractivity contribution in [3.05, 3.63) is 42.0 Å². The van der Waals surface area contributed by atoms with Crippen LogP contribution in [0.1, 0.15) is 38.2 Å². The second-order valence-corrected chi connectivity index (χ2v) is 7.73. The van der Waals surface area contributed by atoms with E-state index in [4.69, 9.17) is 19.3 Å². The number of nitrogens with one attached hydrogen (secondary N) is 1. The third-order valence-electron chi connectivity index (χ3n) is 5.09. The first kappa shape index (κ1) is 27.1. The van der Waals surface area contributed by atoms with E-state index in [0.29, 0.717) is 25.4 Å². The van der Waals surface area contributed by atoms with Crippen molar-refractivity contribution >= 4 is 17.9 Å². The molecule has 9 nitrogen and oxygen atoms in total. The molecule has 0 aromatic heterocycles. The Balaban J connectivity index is 0.000000547. The Morgan fingerprint density at radius 1 is 1.16 bits per heavy atom. The third kappa shape index (κ3) is 11.5. The van der Waals surface area contributed by atoms with Gasteiger partial charge >= 0.3 is 11.9 Å². The van der Waals surface area contributed by atoms with E-state index in [9.17, 15) is 19.5 Å². The molecule has 0 unspecified atom stereocenters. The molecule has 0 spiro atoms. The highest BCUT2D eigenvalue weighted by Crippen LogP contribution is 2.27. The Kier molecular flexibility index (Phi) is 12.0. The molecule has 1 aliphatic heterocycles. The number of hydrogen-bond donors (Lipinski definition) is 2. The first-order chi connectivity index (χ1) is 15.2. The van der Waals surface area contributed by atoms with E-state index in [0.717, 1.165) is 50.1 Å². The largest absolute Gasteiger partial charge is 0.545 e. The summed E-state index contributed by atoms with van der Waals surface area (Å²) < 4.78 is 16.6. The van der Waals surface area contributed by atoms with E-state index in [1.54, 1.807) is 7.11 Å². The maximum atomic E-state index is 11.5. The highest BCUT2D eigenvalue weighted by Gasteiger charge is 2.38. The van der Waals surface area contributed by atoms with Crippen LogP contribution >= 0.6 is 0 Å². The van der Waals surface area contributed by atoms with E-state index in [1.807, 2.05) is 24.3 Å². The van der Waals surface area contributed by atoms with Gasteiger partial charge in [0.15, 0.2) is 0 Å². The zero-order valence-electron chi connectivity index (χ0n) is 18.9. The molecule has 32 heavy (non-hydrogen) atoms. The number of esters is 1. The molecule has 0 aliphatic carbocycles. The molecule has 2 N–H and O–H groups in total. The molecule has 1 heterocycles. The van der Waals surface area contributed by atoms with Crippen LogP contribution in [0.3, 0.4) is 0 Å². The number of quaternary nitrogens is 1. The van der Waals surface area contributed by atoms with Gasteiger partial charge < -0.3 is 34.1 Å². The van der Waals surface area contributed by atoms with E-state index in [1.165, 1.54) is 11.8 Å². The Morgan fingerprint density at radius 2 is 1.78 bits per heavy atom. The molecular weight excluding hydrogens is 418 g/mol. The third-order valence-corrected chi connectivity index (χ3v) is 5.09. The Bertz CT molecular complexity index is 736. The lowest BCUT2D eigenvalue weighted by molar-refractivity contribution is -0.887. The summed E-state index contributed by atoms with van der Waals surface area (Å²) in [6, 6.07) is 7.91. The van der Waals surface area contributed by atoms with Crippen molar-refractivity contribution in [1.82, 2.24) is 0 Å². The second kappa shape index (κ2) is 14.2. The number of carboxylic acid groups (broad SMARTS) is 2. The fourth-order valence-electron chi connectivity index (χ4n) is 3.39. The summed E-state index contributed by atoms with van der Waals surface area (Å²) in [4.78, 5) is 31.9. The topological polar surface area (TPSA) is 127 Å². The van der Waals surface area contributed by atoms with Gasteiger partial charge in [-0.3, -0.25) is 4.79 Å². The number of carbonyl (C=O) groups is 3. The van der Waals surface area contributed by atoms with Crippen LogP contribution in [0.15, 0.2) is 36.4 Å². The number of aliphatic carboxylic acids is 2. The number of carbonyl (C=O) groups excluding carboxylic acids is 2. The lowest BCUT2D eigenvalue weighted by atomic mass is 9.87. The molecular formula is C23H33NO8. The van der Waals surface area contributed by atoms with Gasteiger partial charge in [-0.15, -0.1) is 0 Å². The van der Waals surface area contributed by atoms with Gasteiger partial charge in [0, 0.05) is 32.4 Å². The molecule has 2 rings (SSSR count). The van der Waals surface area contributed by atoms with Crippen molar-refractivity contribution in [3.63, 3.8) is 0 Å². The summed E-state index contributed by atoms with van der Waals surface area (Å²) in [5, 5.41) is 17.2. The van der Waals surface area contributed by atoms with Gasteiger partial charge in [-0.2, -0.15) is 0 Å². The number of hydrogen-bond acceptors (Lipinski definition) is 7. The first-order valence-corrected chi connectivity index (χ1v) is 10.5. The summed E-state index contributed by atoms with van der Waals surface area (Å²) in [6.45, 7) is 4.89. The highest BCUT2D eigenvalue weighted by molar-refractivity contribution is 5.88. The van der Waals surface area contributed by atoms with Crippen molar-refractivity contribution in [2.75, 3.05) is 33.9 Å². The molecule has 1 saturated heterocycles. The van der Waals surface area contributed by atoms with Crippen LogP contribution in [-0.4, -0.2) is 62.5 Å². The minimum atomic E-state index is -1.51. The number of likely N-dealkylation sites (tertiary alicyclic amines) is 1. The van der Waals surface area contributed by atoms with Crippen LogP contribution in [0.2, 0.25) is 0 Å². The molecule has 1 aromatic rings. The van der Waals surface area contributed by atoms with Gasteiger partial charge in [-0.25, -0.2) is 4.79 Å². The molecule has 0 saturated carbocycles. The van der Waals surface area contributed by atoms with Crippen LogP contribution in [0.5, 0.6) is 5.75 Å². The van der Waals surface area contributed by atoms with E-state index >= 15 is 0 Å². The molecule has 0 amide bonds. The minimum absolute atomic E-state index is 0.172. The monoisotopic (exact) mass is 451 g/mol. The van der Waals surface area contributed by atoms with Gasteiger partial charge in [0.05, 0.1) is 39.8 Å². The maximum Gasteiger partial charge on any atom is 0.328 e. The number of methoxy groups -OCH3 is 1. The molecule has 0 bridgehead atoms. The summed E-state index contributed by atoms with van der Waals surface area (Å²) in [7, 11) is 3.85. The number of piperidine rings is 1. The summed E-state index contributed by atoms with van der Waals surface area (Å²) in [5.41, 5.74) is 0.850. The predicted octanol–water partition coefficient (Wildman–Crippen LogP) is -0.0205. The number of ether oxygens (including phenoxy) is 3. The van der Waals surface area contributed by atoms with Gasteiger partial charge in [0.2, 0.25) is 0 Å². The normalized spacial score (nSPS) is 20.2. The fraction of sp³-hybridized carbons (Fsp3) is 0.522. The van der Waals surface area contributed by atoms with Gasteiger partial charge in [0.25, 0.3) is 0 Å². The first-order valence-electron chi connectivity index (χ1n) is 10.5. The lowest BCUT2D eigenvalue weighted by Gasteiger charge is -2.38. The molecule has 178 valence electrons. The SMILES string of the molecule is COc1ccc(COCCCC2(OC(C)=O)CC[NH+](C)CC2)cc1.O=C([O-])/C=C/C(=O)O. The van der Waals surface area contributed by atoms with Crippen molar-refractivity contribution in [3.8, 4) is 5.75 Å². The van der Waals surface area contributed by atoms with E-state index < -0.39 is 11.9 Å². The van der Waals surface area contributed by atoms with Crippen LogP contribution in [0, 0.1) is 0 Å². The predicted molar refractivity (Wildman–Crippen MR) is 114 cm³/mol. The smallest absolute Gasteiger partial charge is 0.328 e. The quantitative estimate of drug-likeness (QED) is 0.289. The average molecular weight is 452 g/mol. The number of carboxylic acids is 2. The Morgan fingerprint density at radius 3 is 2.25 bits per heavy atom. The molecule has 9 heteroatoms. The van der Waals surface area contributed by atoms with Crippen LogP contribution < -0.4 is 14.7 Å². The molecule has 0 radical (unpaired) electrons. The second-order valence-electron chi connectivity index (χ2n) is 7.73. The van der Waals surface area contributed by atoms with Gasteiger partial charge in [-0.05, 0) is 36.6 Å². The van der Waals surface area contributed by atoms with Crippen molar-refractivity contribution in [2.24, 2.45) is 0 Å². The van der Waals surface area contributed by atoms with E-state index in [-0.39, 0.29) is 11.6 Å². The summed E-state index contributed by atoms with van der Waals surface area (Å²) in [6.07, 6.45) is 4.61. The average Bonchev–Trinajstić information content (AvgIpc) is 2.75. The zero-order valence-corrected chi connectivity index (χ0v) is 18.9. The van der Waals surface area contributed by atoms with Crippen LogP contribution in [-0.2, 0) is 30.5 Å². The zero-order chi connectivity index (χ0) is 24.0. The van der Waals surface area contributed by atoms with Crippen LogP contribution in [0.25, 0.3) is 0 Å². The van der Waals surface area contributed by atoms with Crippen molar-refractivity contribution < 1.29 is 43.7 Å². The highest BCUT2D eigenvalue weighted by atomic mass is 16.6. The minimum Gasteiger partial charge on any atom is -0.545 e. The lowest BCUT2D eigenvalue weighted by Crippen LogP contribution is -3.10. The fourth-order valence-corrected chi connectivity index (χ4v) is 3.39. The molecule has 1 fully saturated rings. The maximum absolute atomic E-state index is 11.5. The summed E-state index contributed by atoms with van der Waals surface area (Å²) in [5.74, 6) is -2.12. The van der Waals surface area contributed by atoms with Gasteiger partial charge in [0.1, 0.15) is 11.4 Å². The van der Waals surface area contributed by atoms with Crippen molar-refractivity contribution in [1.29, 1.82) is 0 Å². The van der Waals surface area contributed by atoms with E-state index in [2.05, 4.69) is 7.05 Å². The Hall–Kier alpha value is -2.91. The summed E-state index contributed by atoms with van der Waals surface area (Å²) >= 11 is 0. The van der Waals surface area contributed by atoms with Crippen LogP contribution in [0.4, 0.5) is 0 Å².